The molecule has 4 N–H and O–H groups in total. The first-order valence-electron chi connectivity index (χ1n) is 5.57. The molecule has 0 saturated carbocycles. The van der Waals surface area contributed by atoms with Crippen LogP contribution in [0, 0.1) is 0 Å². The number of rotatable bonds is 8. The molecule has 0 aliphatic rings. The summed E-state index contributed by atoms with van der Waals surface area (Å²) in [5.41, 5.74) is 4.81. The van der Waals surface area contributed by atoms with Crippen molar-refractivity contribution >= 4 is 21.9 Å². The number of carboxylic acids is 1. The van der Waals surface area contributed by atoms with Crippen LogP contribution in [0.15, 0.2) is 23.1 Å². The second kappa shape index (κ2) is 7.02. The van der Waals surface area contributed by atoms with Gasteiger partial charge in [0.25, 0.3) is 10.0 Å². The Bertz CT molecular complexity index is 642. The molecule has 1 rings (SSSR count). The fourth-order valence-corrected chi connectivity index (χ4v) is 2.50. The fourth-order valence-electron chi connectivity index (χ4n) is 1.47. The summed E-state index contributed by atoms with van der Waals surface area (Å²) in [5.74, 6) is -1.76. The number of carbonyl (C=O) groups excluding carboxylic acids is 1. The highest BCUT2D eigenvalue weighted by molar-refractivity contribution is 7.89. The number of aliphatic carboxylic acids is 1. The lowest BCUT2D eigenvalue weighted by Crippen LogP contribution is -2.30. The summed E-state index contributed by atoms with van der Waals surface area (Å²) >= 11 is 0. The van der Waals surface area contributed by atoms with Crippen molar-refractivity contribution in [3.05, 3.63) is 23.8 Å². The third-order valence-corrected chi connectivity index (χ3v) is 3.60. The number of ether oxygens (including phenoxy) is 1. The Hall–Kier alpha value is -2.17. The molecule has 0 bridgehead atoms. The zero-order chi connectivity index (χ0) is 16.0. The number of carbonyl (C=O) groups is 2. The van der Waals surface area contributed by atoms with Gasteiger partial charge in [0.15, 0.2) is 0 Å². The first-order chi connectivity index (χ1) is 9.76. The van der Waals surface area contributed by atoms with Crippen LogP contribution in [0.25, 0.3) is 0 Å². The van der Waals surface area contributed by atoms with E-state index >= 15 is 0 Å². The molecule has 0 heterocycles. The minimum absolute atomic E-state index is 0.0111. The first-order valence-corrected chi connectivity index (χ1v) is 7.05. The molecule has 1 amide bonds. The van der Waals surface area contributed by atoms with Crippen molar-refractivity contribution in [2.45, 2.75) is 11.3 Å². The van der Waals surface area contributed by atoms with E-state index in [0.29, 0.717) is 5.75 Å². The van der Waals surface area contributed by atoms with E-state index in [4.69, 9.17) is 15.6 Å². The average molecular weight is 318 g/mol. The Morgan fingerprint density at radius 1 is 1.38 bits per heavy atom. The summed E-state index contributed by atoms with van der Waals surface area (Å²) in [6.07, 6.45) is -0.525. The number of nitrogens with one attached hydrogen (secondary N) is 1. The van der Waals surface area contributed by atoms with Gasteiger partial charge in [0.1, 0.15) is 12.4 Å². The zero-order valence-corrected chi connectivity index (χ0v) is 11.8. The van der Waals surface area contributed by atoms with Crippen LogP contribution in [0.2, 0.25) is 0 Å². The van der Waals surface area contributed by atoms with Crippen LogP contribution in [-0.2, 0) is 30.9 Å². The standard InChI is InChI=1S/C11H14N2O7S/c1-19-8-2-3-9(7(4-8)5-11(15)16)21(17,18)13-20-6-10(12)14/h2-4,13H,5-6H2,1H3,(H2,12,14)(H,15,16). The Labute approximate surface area is 120 Å². The Balaban J connectivity index is 3.09. The molecule has 0 saturated heterocycles. The number of carboxylic acid groups (broad SMARTS) is 1. The maximum absolute atomic E-state index is 12.0. The molecule has 10 heteroatoms. The van der Waals surface area contributed by atoms with E-state index < -0.39 is 34.9 Å². The third kappa shape index (κ3) is 5.02. The van der Waals surface area contributed by atoms with E-state index in [9.17, 15) is 18.0 Å². The predicted octanol–water partition coefficient (Wildman–Crippen LogP) is -0.982. The second-order valence-corrected chi connectivity index (χ2v) is 5.50. The first kappa shape index (κ1) is 16.9. The van der Waals surface area contributed by atoms with Crippen LogP contribution in [-0.4, -0.2) is 39.1 Å². The van der Waals surface area contributed by atoms with Gasteiger partial charge < -0.3 is 15.6 Å². The molecule has 0 fully saturated rings. The summed E-state index contributed by atoms with van der Waals surface area (Å²) in [6, 6.07) is 3.82. The van der Waals surface area contributed by atoms with Crippen LogP contribution < -0.4 is 15.4 Å². The van der Waals surface area contributed by atoms with Crippen molar-refractivity contribution in [2.24, 2.45) is 5.73 Å². The van der Waals surface area contributed by atoms with Crippen molar-refractivity contribution in [3.63, 3.8) is 0 Å². The van der Waals surface area contributed by atoms with Gasteiger partial charge in [-0.3, -0.25) is 14.4 Å². The average Bonchev–Trinajstić information content (AvgIpc) is 2.36. The molecule has 0 spiro atoms. The Kier molecular flexibility index (Phi) is 5.64. The zero-order valence-electron chi connectivity index (χ0n) is 11.0. The van der Waals surface area contributed by atoms with Gasteiger partial charge in [0, 0.05) is 0 Å². The topological polar surface area (TPSA) is 145 Å². The smallest absolute Gasteiger partial charge is 0.307 e. The highest BCUT2D eigenvalue weighted by Gasteiger charge is 2.21. The molecule has 116 valence electrons. The van der Waals surface area contributed by atoms with Gasteiger partial charge >= 0.3 is 5.97 Å². The molecule has 0 aromatic heterocycles. The van der Waals surface area contributed by atoms with Crippen LogP contribution in [0.3, 0.4) is 0 Å². The number of amides is 1. The van der Waals surface area contributed by atoms with Crippen molar-refractivity contribution < 1.29 is 32.7 Å². The minimum atomic E-state index is -4.16. The van der Waals surface area contributed by atoms with Gasteiger partial charge in [0.05, 0.1) is 18.4 Å². The number of nitrogens with two attached hydrogens (primary N) is 1. The van der Waals surface area contributed by atoms with Crippen LogP contribution in [0.4, 0.5) is 0 Å². The molecular weight excluding hydrogens is 304 g/mol. The maximum atomic E-state index is 12.0. The van der Waals surface area contributed by atoms with E-state index in [1.165, 1.54) is 25.3 Å². The number of primary amides is 1. The quantitative estimate of drug-likeness (QED) is 0.522. The lowest BCUT2D eigenvalue weighted by Gasteiger charge is -2.11. The van der Waals surface area contributed by atoms with Crippen molar-refractivity contribution in [2.75, 3.05) is 13.7 Å². The summed E-state index contributed by atoms with van der Waals surface area (Å²) in [7, 11) is -2.79. The van der Waals surface area contributed by atoms with Crippen LogP contribution >= 0.6 is 0 Å². The molecular formula is C11H14N2O7S. The molecule has 0 radical (unpaired) electrons. The maximum Gasteiger partial charge on any atom is 0.307 e. The fraction of sp³-hybridized carbons (Fsp3) is 0.273. The molecule has 0 atom stereocenters. The van der Waals surface area contributed by atoms with E-state index in [1.807, 2.05) is 0 Å². The van der Waals surface area contributed by atoms with Crippen LogP contribution in [0.5, 0.6) is 5.75 Å². The molecule has 1 aromatic rings. The summed E-state index contributed by atoms with van der Waals surface area (Å²) in [6.45, 7) is -0.649. The van der Waals surface area contributed by atoms with Crippen LogP contribution in [0.1, 0.15) is 5.56 Å². The van der Waals surface area contributed by atoms with Crippen molar-refractivity contribution in [1.82, 2.24) is 4.89 Å². The van der Waals surface area contributed by atoms with Gasteiger partial charge in [-0.25, -0.2) is 8.42 Å². The lowest BCUT2D eigenvalue weighted by molar-refractivity contribution is -0.136. The normalized spacial score (nSPS) is 11.1. The van der Waals surface area contributed by atoms with Gasteiger partial charge in [0.2, 0.25) is 5.91 Å². The van der Waals surface area contributed by atoms with Gasteiger partial charge in [-0.15, -0.1) is 0 Å². The highest BCUT2D eigenvalue weighted by atomic mass is 32.2. The molecule has 0 unspecified atom stereocenters. The van der Waals surface area contributed by atoms with Crippen molar-refractivity contribution in [1.29, 1.82) is 0 Å². The predicted molar refractivity (Wildman–Crippen MR) is 69.8 cm³/mol. The van der Waals surface area contributed by atoms with E-state index in [2.05, 4.69) is 4.84 Å². The lowest BCUT2D eigenvalue weighted by atomic mass is 10.1. The molecule has 9 nitrogen and oxygen atoms in total. The largest absolute Gasteiger partial charge is 0.497 e. The van der Waals surface area contributed by atoms with Gasteiger partial charge in [-0.1, -0.05) is 4.89 Å². The Morgan fingerprint density at radius 3 is 2.57 bits per heavy atom. The molecule has 21 heavy (non-hydrogen) atoms. The summed E-state index contributed by atoms with van der Waals surface area (Å²) < 4.78 is 28.9. The number of hydrogen-bond acceptors (Lipinski definition) is 6. The molecule has 0 aliphatic heterocycles. The monoisotopic (exact) mass is 318 g/mol. The molecule has 1 aromatic carbocycles. The summed E-state index contributed by atoms with van der Waals surface area (Å²) in [4.78, 5) is 27.1. The van der Waals surface area contributed by atoms with E-state index in [-0.39, 0.29) is 10.5 Å². The number of hydrogen-bond donors (Lipinski definition) is 3. The van der Waals surface area contributed by atoms with E-state index in [1.54, 1.807) is 4.89 Å². The second-order valence-electron chi connectivity index (χ2n) is 3.89. The number of methoxy groups -OCH3 is 1. The SMILES string of the molecule is COc1ccc(S(=O)(=O)NOCC(N)=O)c(CC(=O)O)c1. The third-order valence-electron chi connectivity index (χ3n) is 2.28. The van der Waals surface area contributed by atoms with Gasteiger partial charge in [-0.2, -0.15) is 0 Å². The van der Waals surface area contributed by atoms with Crippen molar-refractivity contribution in [3.8, 4) is 5.75 Å². The minimum Gasteiger partial charge on any atom is -0.497 e. The summed E-state index contributed by atoms with van der Waals surface area (Å²) in [5, 5.41) is 8.82. The Morgan fingerprint density at radius 2 is 2.05 bits per heavy atom. The van der Waals surface area contributed by atoms with Gasteiger partial charge in [-0.05, 0) is 23.8 Å². The number of benzene rings is 1. The molecule has 0 aliphatic carbocycles. The highest BCUT2D eigenvalue weighted by Crippen LogP contribution is 2.22. The van der Waals surface area contributed by atoms with E-state index in [0.717, 1.165) is 0 Å². The number of sulfonamides is 1.